The molecule has 21 heavy (non-hydrogen) atoms. The summed E-state index contributed by atoms with van der Waals surface area (Å²) in [7, 11) is 1.83. The molecule has 0 aromatic carbocycles. The van der Waals surface area contributed by atoms with Crippen molar-refractivity contribution in [2.24, 2.45) is 7.05 Å². The van der Waals surface area contributed by atoms with E-state index in [4.69, 9.17) is 0 Å². The summed E-state index contributed by atoms with van der Waals surface area (Å²) >= 11 is 0. The van der Waals surface area contributed by atoms with Crippen LogP contribution in [0.2, 0.25) is 0 Å². The van der Waals surface area contributed by atoms with Gasteiger partial charge in [-0.3, -0.25) is 9.48 Å². The van der Waals surface area contributed by atoms with E-state index < -0.39 is 0 Å². The van der Waals surface area contributed by atoms with Crippen LogP contribution in [0, 0.1) is 0 Å². The Balaban J connectivity index is 1.80. The van der Waals surface area contributed by atoms with E-state index in [-0.39, 0.29) is 23.5 Å². The van der Waals surface area contributed by atoms with E-state index in [9.17, 15) is 9.59 Å². The van der Waals surface area contributed by atoms with Gasteiger partial charge in [0.2, 0.25) is 5.91 Å². The summed E-state index contributed by atoms with van der Waals surface area (Å²) in [6, 6.07) is -0.391. The lowest BCUT2D eigenvalue weighted by Gasteiger charge is -2.32. The summed E-state index contributed by atoms with van der Waals surface area (Å²) < 4.78 is 1.69. The lowest BCUT2D eigenvalue weighted by Crippen LogP contribution is -2.46. The molecule has 116 valence electrons. The van der Waals surface area contributed by atoms with Gasteiger partial charge in [-0.2, -0.15) is 5.10 Å². The van der Waals surface area contributed by atoms with Crippen molar-refractivity contribution in [3.05, 3.63) is 18.0 Å². The third kappa shape index (κ3) is 3.96. The molecular weight excluding hydrogens is 270 g/mol. The van der Waals surface area contributed by atoms with Crippen LogP contribution in [0.25, 0.3) is 0 Å². The minimum Gasteiger partial charge on any atom is -0.336 e. The van der Waals surface area contributed by atoms with Gasteiger partial charge in [0.1, 0.15) is 0 Å². The monoisotopic (exact) mass is 293 g/mol. The van der Waals surface area contributed by atoms with Crippen molar-refractivity contribution in [3.8, 4) is 0 Å². The van der Waals surface area contributed by atoms with E-state index in [2.05, 4.69) is 15.7 Å². The predicted octanol–water partition coefficient (Wildman–Crippen LogP) is 0.619. The van der Waals surface area contributed by atoms with Gasteiger partial charge in [-0.25, -0.2) is 4.79 Å². The molecule has 1 saturated heterocycles. The van der Waals surface area contributed by atoms with Gasteiger partial charge in [0, 0.05) is 43.9 Å². The number of rotatable bonds is 3. The predicted molar refractivity (Wildman–Crippen MR) is 78.5 cm³/mol. The summed E-state index contributed by atoms with van der Waals surface area (Å²) in [5.41, 5.74) is 0.728. The minimum absolute atomic E-state index is 0.0834. The number of carbonyl (C=O) groups is 2. The number of carbonyl (C=O) groups excluding carboxylic acids is 2. The first-order valence-electron chi connectivity index (χ1n) is 7.08. The Morgan fingerprint density at radius 3 is 2.71 bits per heavy atom. The minimum atomic E-state index is -0.257. The summed E-state index contributed by atoms with van der Waals surface area (Å²) in [6.45, 7) is 6.97. The molecule has 1 aliphatic heterocycles. The molecule has 2 heterocycles. The van der Waals surface area contributed by atoms with Crippen molar-refractivity contribution in [2.45, 2.75) is 45.3 Å². The number of amides is 3. The first-order valence-corrected chi connectivity index (χ1v) is 7.08. The molecule has 7 nitrogen and oxygen atoms in total. The zero-order valence-corrected chi connectivity index (χ0v) is 13.0. The van der Waals surface area contributed by atoms with E-state index in [1.165, 1.54) is 0 Å². The molecule has 0 bridgehead atoms. The van der Waals surface area contributed by atoms with Gasteiger partial charge in [-0.1, -0.05) is 0 Å². The molecule has 0 radical (unpaired) electrons. The lowest BCUT2D eigenvalue weighted by molar-refractivity contribution is -0.131. The maximum absolute atomic E-state index is 11.9. The molecule has 1 aliphatic rings. The maximum atomic E-state index is 11.9. The summed E-state index contributed by atoms with van der Waals surface area (Å²) in [4.78, 5) is 25.6. The van der Waals surface area contributed by atoms with Gasteiger partial charge in [-0.05, 0) is 20.8 Å². The summed E-state index contributed by atoms with van der Waals surface area (Å²) in [6.07, 6.45) is 3.92. The molecule has 3 amide bonds. The number of nitrogens with zero attached hydrogens (tertiary/aromatic N) is 3. The number of aryl methyl sites for hydroxylation is 1. The third-order valence-corrected chi connectivity index (χ3v) is 3.48. The van der Waals surface area contributed by atoms with Crippen LogP contribution in [-0.4, -0.2) is 44.7 Å². The van der Waals surface area contributed by atoms with Crippen LogP contribution >= 0.6 is 0 Å². The molecular formula is C14H23N5O2. The van der Waals surface area contributed by atoms with Gasteiger partial charge >= 0.3 is 6.03 Å². The van der Waals surface area contributed by atoms with Crippen molar-refractivity contribution in [3.63, 3.8) is 0 Å². The van der Waals surface area contributed by atoms with Crippen molar-refractivity contribution >= 4 is 11.9 Å². The van der Waals surface area contributed by atoms with E-state index >= 15 is 0 Å². The first-order chi connectivity index (χ1) is 9.75. The molecule has 2 N–H and O–H groups in total. The van der Waals surface area contributed by atoms with Gasteiger partial charge in [0.15, 0.2) is 0 Å². The molecule has 1 aromatic heterocycles. The third-order valence-electron chi connectivity index (χ3n) is 3.48. The van der Waals surface area contributed by atoms with Crippen LogP contribution in [-0.2, 0) is 18.4 Å². The van der Waals surface area contributed by atoms with Crippen LogP contribution in [0.1, 0.15) is 32.8 Å². The fraction of sp³-hybridized carbons (Fsp3) is 0.643. The average Bonchev–Trinajstić information content (AvgIpc) is 2.92. The SMILES string of the molecule is Cn1cc(CNC(=O)NC2CC(=O)N(C(C)(C)C)C2)cn1. The second kappa shape index (κ2) is 5.75. The number of hydrogen-bond donors (Lipinski definition) is 2. The molecule has 1 unspecified atom stereocenters. The highest BCUT2D eigenvalue weighted by Gasteiger charge is 2.36. The number of likely N-dealkylation sites (tertiary alicyclic amines) is 1. The van der Waals surface area contributed by atoms with Gasteiger partial charge in [-0.15, -0.1) is 0 Å². The number of urea groups is 1. The van der Waals surface area contributed by atoms with Gasteiger partial charge in [0.05, 0.1) is 12.2 Å². The van der Waals surface area contributed by atoms with Crippen LogP contribution in [0.15, 0.2) is 12.4 Å². The number of nitrogens with one attached hydrogen (secondary N) is 2. The van der Waals surface area contributed by atoms with E-state index in [0.717, 1.165) is 5.56 Å². The molecule has 1 atom stereocenters. The molecule has 7 heteroatoms. The molecule has 0 saturated carbocycles. The highest BCUT2D eigenvalue weighted by Crippen LogP contribution is 2.21. The summed E-state index contributed by atoms with van der Waals surface area (Å²) in [5, 5.41) is 9.66. The molecule has 0 aliphatic carbocycles. The van der Waals surface area contributed by atoms with Crippen molar-refractivity contribution in [1.29, 1.82) is 0 Å². The zero-order chi connectivity index (χ0) is 15.6. The van der Waals surface area contributed by atoms with Crippen molar-refractivity contribution in [1.82, 2.24) is 25.3 Å². The van der Waals surface area contributed by atoms with E-state index in [1.54, 1.807) is 15.8 Å². The number of hydrogen-bond acceptors (Lipinski definition) is 3. The van der Waals surface area contributed by atoms with E-state index in [0.29, 0.717) is 19.5 Å². The average molecular weight is 293 g/mol. The van der Waals surface area contributed by atoms with Crippen LogP contribution in [0.3, 0.4) is 0 Å². The number of aromatic nitrogens is 2. The highest BCUT2D eigenvalue weighted by atomic mass is 16.2. The van der Waals surface area contributed by atoms with Crippen LogP contribution < -0.4 is 10.6 Å². The Kier molecular flexibility index (Phi) is 4.20. The summed E-state index contributed by atoms with van der Waals surface area (Å²) in [5.74, 6) is 0.0834. The molecule has 1 aromatic rings. The topological polar surface area (TPSA) is 79.3 Å². The zero-order valence-electron chi connectivity index (χ0n) is 13.0. The largest absolute Gasteiger partial charge is 0.336 e. The normalized spacial score (nSPS) is 19.0. The second-order valence-corrected chi connectivity index (χ2v) is 6.43. The van der Waals surface area contributed by atoms with Crippen LogP contribution in [0.5, 0.6) is 0 Å². The highest BCUT2D eigenvalue weighted by molar-refractivity contribution is 5.82. The molecule has 0 spiro atoms. The van der Waals surface area contributed by atoms with Crippen LogP contribution in [0.4, 0.5) is 4.79 Å². The molecule has 1 fully saturated rings. The fourth-order valence-electron chi connectivity index (χ4n) is 2.43. The Labute approximate surface area is 124 Å². The van der Waals surface area contributed by atoms with E-state index in [1.807, 2.05) is 34.0 Å². The smallest absolute Gasteiger partial charge is 0.315 e. The Hall–Kier alpha value is -2.05. The Morgan fingerprint density at radius 1 is 1.48 bits per heavy atom. The standard InChI is InChI=1S/C14H23N5O2/c1-14(2,3)19-9-11(5-12(19)20)17-13(21)15-6-10-7-16-18(4)8-10/h7-8,11H,5-6,9H2,1-4H3,(H2,15,17,21). The Bertz CT molecular complexity index is 532. The van der Waals surface area contributed by atoms with Crippen molar-refractivity contribution < 1.29 is 9.59 Å². The quantitative estimate of drug-likeness (QED) is 0.857. The fourth-order valence-corrected chi connectivity index (χ4v) is 2.43. The Morgan fingerprint density at radius 2 is 2.19 bits per heavy atom. The second-order valence-electron chi connectivity index (χ2n) is 6.43. The first kappa shape index (κ1) is 15.3. The van der Waals surface area contributed by atoms with Gasteiger partial charge in [0.25, 0.3) is 0 Å². The van der Waals surface area contributed by atoms with Gasteiger partial charge < -0.3 is 15.5 Å². The lowest BCUT2D eigenvalue weighted by atomic mass is 10.1. The van der Waals surface area contributed by atoms with Crippen molar-refractivity contribution in [2.75, 3.05) is 6.54 Å². The maximum Gasteiger partial charge on any atom is 0.315 e. The molecule has 2 rings (SSSR count).